The first-order valence-corrected chi connectivity index (χ1v) is 10.4. The van der Waals surface area contributed by atoms with Gasteiger partial charge in [-0.15, -0.1) is 0 Å². The summed E-state index contributed by atoms with van der Waals surface area (Å²) in [6.45, 7) is 0.547. The normalized spacial score (nSPS) is 29.5. The molecule has 3 saturated carbocycles. The van der Waals surface area contributed by atoms with Gasteiger partial charge in [-0.3, -0.25) is 9.59 Å². The Labute approximate surface area is 151 Å². The molecule has 0 bridgehead atoms. The number of hydrogen-bond acceptors (Lipinski definition) is 3. The molecule has 0 saturated heterocycles. The van der Waals surface area contributed by atoms with Crippen molar-refractivity contribution >= 4 is 11.8 Å². The molecule has 0 atom stereocenters. The summed E-state index contributed by atoms with van der Waals surface area (Å²) in [6, 6.07) is 0.257. The molecule has 0 aromatic heterocycles. The summed E-state index contributed by atoms with van der Waals surface area (Å²) >= 11 is 0. The Morgan fingerprint density at radius 2 is 1.56 bits per heavy atom. The van der Waals surface area contributed by atoms with E-state index in [4.69, 9.17) is 5.73 Å². The average Bonchev–Trinajstić information content (AvgIpc) is 3.28. The van der Waals surface area contributed by atoms with Gasteiger partial charge in [0.15, 0.2) is 0 Å². The van der Waals surface area contributed by atoms with Crippen LogP contribution < -0.4 is 16.4 Å². The molecule has 3 fully saturated rings. The van der Waals surface area contributed by atoms with E-state index in [9.17, 15) is 9.59 Å². The average molecular weight is 350 g/mol. The standard InChI is InChI=1S/C20H35N3O2/c21-14-20(11-3-4-12-20)23-19(25)16-7-9-17(10-8-16)22-18(24)13-15-5-1-2-6-15/h15-17H,1-14,21H2,(H,22,24)(H,23,25). The van der Waals surface area contributed by atoms with Crippen LogP contribution in [0.2, 0.25) is 0 Å². The van der Waals surface area contributed by atoms with Crippen LogP contribution in [-0.4, -0.2) is 29.9 Å². The minimum absolute atomic E-state index is 0.0898. The van der Waals surface area contributed by atoms with Crippen LogP contribution in [0, 0.1) is 11.8 Å². The Morgan fingerprint density at radius 3 is 2.16 bits per heavy atom. The molecule has 142 valence electrons. The lowest BCUT2D eigenvalue weighted by atomic mass is 9.84. The second kappa shape index (κ2) is 8.52. The molecule has 3 rings (SSSR count). The minimum atomic E-state index is -0.149. The quantitative estimate of drug-likeness (QED) is 0.689. The van der Waals surface area contributed by atoms with Crippen LogP contribution in [-0.2, 0) is 9.59 Å². The molecule has 3 aliphatic rings. The number of carbonyl (C=O) groups excluding carboxylic acids is 2. The maximum atomic E-state index is 12.6. The summed E-state index contributed by atoms with van der Waals surface area (Å²) in [7, 11) is 0. The van der Waals surface area contributed by atoms with Crippen molar-refractivity contribution in [1.29, 1.82) is 0 Å². The number of nitrogens with one attached hydrogen (secondary N) is 2. The first-order chi connectivity index (χ1) is 12.1. The maximum Gasteiger partial charge on any atom is 0.223 e. The molecule has 0 heterocycles. The third-order valence-electron chi connectivity index (χ3n) is 6.75. The zero-order chi connectivity index (χ0) is 17.7. The third kappa shape index (κ3) is 4.96. The SMILES string of the molecule is NCC1(NC(=O)C2CCC(NC(=O)CC3CCCC3)CC2)CCCC1. The lowest BCUT2D eigenvalue weighted by Gasteiger charge is -2.33. The fourth-order valence-electron chi connectivity index (χ4n) is 5.06. The van der Waals surface area contributed by atoms with Crippen molar-refractivity contribution in [3.63, 3.8) is 0 Å². The molecule has 25 heavy (non-hydrogen) atoms. The van der Waals surface area contributed by atoms with E-state index in [1.54, 1.807) is 0 Å². The Hall–Kier alpha value is -1.10. The van der Waals surface area contributed by atoms with Gasteiger partial charge >= 0.3 is 0 Å². The highest BCUT2D eigenvalue weighted by atomic mass is 16.2. The molecule has 0 spiro atoms. The first kappa shape index (κ1) is 18.7. The summed E-state index contributed by atoms with van der Waals surface area (Å²) in [5, 5.41) is 6.47. The largest absolute Gasteiger partial charge is 0.353 e. The van der Waals surface area contributed by atoms with E-state index in [0.717, 1.165) is 51.4 Å². The second-order valence-corrected chi connectivity index (χ2v) is 8.65. The van der Waals surface area contributed by atoms with Crippen LogP contribution in [0.3, 0.4) is 0 Å². The van der Waals surface area contributed by atoms with E-state index in [-0.39, 0.29) is 29.3 Å². The van der Waals surface area contributed by atoms with Crippen LogP contribution in [0.15, 0.2) is 0 Å². The fourth-order valence-corrected chi connectivity index (χ4v) is 5.06. The van der Waals surface area contributed by atoms with Crippen molar-refractivity contribution in [2.45, 2.75) is 95.1 Å². The van der Waals surface area contributed by atoms with Gasteiger partial charge in [-0.2, -0.15) is 0 Å². The fraction of sp³-hybridized carbons (Fsp3) is 0.900. The summed E-state index contributed by atoms with van der Waals surface area (Å²) in [4.78, 5) is 24.8. The number of rotatable bonds is 6. The van der Waals surface area contributed by atoms with E-state index in [1.165, 1.54) is 25.7 Å². The Balaban J connectivity index is 1.39. The Morgan fingerprint density at radius 1 is 0.920 bits per heavy atom. The molecule has 5 heteroatoms. The van der Waals surface area contributed by atoms with E-state index >= 15 is 0 Å². The van der Waals surface area contributed by atoms with Gasteiger partial charge in [0.25, 0.3) is 0 Å². The van der Waals surface area contributed by atoms with Crippen molar-refractivity contribution in [3.05, 3.63) is 0 Å². The van der Waals surface area contributed by atoms with Gasteiger partial charge in [0, 0.05) is 24.9 Å². The molecule has 0 aromatic rings. The topological polar surface area (TPSA) is 84.2 Å². The molecule has 5 nitrogen and oxygen atoms in total. The first-order valence-electron chi connectivity index (χ1n) is 10.4. The van der Waals surface area contributed by atoms with Gasteiger partial charge in [-0.25, -0.2) is 0 Å². The number of nitrogens with two attached hydrogens (primary N) is 1. The van der Waals surface area contributed by atoms with E-state index < -0.39 is 0 Å². The van der Waals surface area contributed by atoms with Gasteiger partial charge in [0.05, 0.1) is 5.54 Å². The highest BCUT2D eigenvalue weighted by molar-refractivity contribution is 5.80. The predicted molar refractivity (Wildman–Crippen MR) is 98.9 cm³/mol. The van der Waals surface area contributed by atoms with Gasteiger partial charge in [-0.05, 0) is 57.3 Å². The van der Waals surface area contributed by atoms with Gasteiger partial charge in [-0.1, -0.05) is 25.7 Å². The van der Waals surface area contributed by atoms with Gasteiger partial charge in [0.2, 0.25) is 11.8 Å². The monoisotopic (exact) mass is 349 g/mol. The molecule has 0 aromatic carbocycles. The molecular formula is C20H35N3O2. The molecule has 2 amide bonds. The molecule has 0 aliphatic heterocycles. The number of amides is 2. The van der Waals surface area contributed by atoms with Crippen LogP contribution in [0.4, 0.5) is 0 Å². The van der Waals surface area contributed by atoms with E-state index in [0.29, 0.717) is 18.9 Å². The predicted octanol–water partition coefficient (Wildman–Crippen LogP) is 2.63. The number of carbonyl (C=O) groups is 2. The smallest absolute Gasteiger partial charge is 0.223 e. The molecule has 0 radical (unpaired) electrons. The van der Waals surface area contributed by atoms with E-state index in [1.807, 2.05) is 0 Å². The van der Waals surface area contributed by atoms with Gasteiger partial charge < -0.3 is 16.4 Å². The van der Waals surface area contributed by atoms with Crippen LogP contribution >= 0.6 is 0 Å². The zero-order valence-electron chi connectivity index (χ0n) is 15.5. The second-order valence-electron chi connectivity index (χ2n) is 8.65. The Kier molecular flexibility index (Phi) is 6.37. The Bertz CT molecular complexity index is 460. The summed E-state index contributed by atoms with van der Waals surface area (Å²) in [5.41, 5.74) is 5.78. The minimum Gasteiger partial charge on any atom is -0.353 e. The van der Waals surface area contributed by atoms with Crippen molar-refractivity contribution in [2.75, 3.05) is 6.54 Å². The summed E-state index contributed by atoms with van der Waals surface area (Å²) < 4.78 is 0. The lowest BCUT2D eigenvalue weighted by molar-refractivity contribution is -0.128. The third-order valence-corrected chi connectivity index (χ3v) is 6.75. The number of hydrogen-bond donors (Lipinski definition) is 3. The molecule has 3 aliphatic carbocycles. The summed E-state index contributed by atoms with van der Waals surface area (Å²) in [6.07, 6.45) is 13.6. The van der Waals surface area contributed by atoms with Crippen LogP contribution in [0.25, 0.3) is 0 Å². The lowest BCUT2D eigenvalue weighted by Crippen LogP contribution is -2.54. The van der Waals surface area contributed by atoms with Gasteiger partial charge in [0.1, 0.15) is 0 Å². The van der Waals surface area contributed by atoms with Crippen molar-refractivity contribution in [1.82, 2.24) is 10.6 Å². The van der Waals surface area contributed by atoms with Crippen LogP contribution in [0.1, 0.15) is 83.5 Å². The van der Waals surface area contributed by atoms with Crippen molar-refractivity contribution < 1.29 is 9.59 Å². The zero-order valence-corrected chi connectivity index (χ0v) is 15.5. The maximum absolute atomic E-state index is 12.6. The highest BCUT2D eigenvalue weighted by Gasteiger charge is 2.36. The molecule has 0 unspecified atom stereocenters. The van der Waals surface area contributed by atoms with Crippen LogP contribution in [0.5, 0.6) is 0 Å². The highest BCUT2D eigenvalue weighted by Crippen LogP contribution is 2.31. The molecule has 4 N–H and O–H groups in total. The van der Waals surface area contributed by atoms with Crippen molar-refractivity contribution in [2.24, 2.45) is 17.6 Å². The molecular weight excluding hydrogens is 314 g/mol. The summed E-state index contributed by atoms with van der Waals surface area (Å²) in [5.74, 6) is 1.09. The van der Waals surface area contributed by atoms with E-state index in [2.05, 4.69) is 10.6 Å². The van der Waals surface area contributed by atoms with Crippen molar-refractivity contribution in [3.8, 4) is 0 Å².